The number of nitrogens with one attached hydrogen (secondary N) is 1. The van der Waals surface area contributed by atoms with Gasteiger partial charge in [0.25, 0.3) is 0 Å². The Morgan fingerprint density at radius 2 is 2.12 bits per heavy atom. The van der Waals surface area contributed by atoms with Gasteiger partial charge in [-0.05, 0) is 32.9 Å². The van der Waals surface area contributed by atoms with Crippen LogP contribution in [-0.4, -0.2) is 19.3 Å². The molecule has 1 atom stereocenters. The third kappa shape index (κ3) is 4.37. The molecule has 0 aromatic heterocycles. The molecule has 1 aromatic carbocycles. The molecule has 0 aliphatic carbocycles. The Labute approximate surface area is 111 Å². The predicted molar refractivity (Wildman–Crippen MR) is 71.6 cm³/mol. The SMILES string of the molecule is COC(C)(C)CNC(C)c1ccc(Br)cc1F. The number of hydrogen-bond acceptors (Lipinski definition) is 2. The lowest BCUT2D eigenvalue weighted by atomic mass is 10.1. The van der Waals surface area contributed by atoms with E-state index >= 15 is 0 Å². The molecular formula is C13H19BrFNO. The van der Waals surface area contributed by atoms with Gasteiger partial charge in [-0.15, -0.1) is 0 Å². The summed E-state index contributed by atoms with van der Waals surface area (Å²) in [6.45, 7) is 6.59. The van der Waals surface area contributed by atoms with E-state index in [1.165, 1.54) is 6.07 Å². The molecule has 0 amide bonds. The molecule has 0 aliphatic heterocycles. The minimum absolute atomic E-state index is 0.0440. The fourth-order valence-corrected chi connectivity index (χ4v) is 1.77. The number of halogens is 2. The van der Waals surface area contributed by atoms with Crippen LogP contribution in [-0.2, 0) is 4.74 Å². The molecule has 0 saturated heterocycles. The second kappa shape index (κ2) is 5.94. The topological polar surface area (TPSA) is 21.3 Å². The van der Waals surface area contributed by atoms with Gasteiger partial charge in [0, 0.05) is 29.7 Å². The van der Waals surface area contributed by atoms with Gasteiger partial charge in [-0.2, -0.15) is 0 Å². The van der Waals surface area contributed by atoms with Crippen LogP contribution in [0.5, 0.6) is 0 Å². The second-order valence-electron chi connectivity index (χ2n) is 4.73. The molecule has 0 heterocycles. The molecule has 0 saturated carbocycles. The highest BCUT2D eigenvalue weighted by Crippen LogP contribution is 2.21. The third-order valence-electron chi connectivity index (χ3n) is 2.82. The monoisotopic (exact) mass is 303 g/mol. The number of methoxy groups -OCH3 is 1. The van der Waals surface area contributed by atoms with Crippen molar-refractivity contribution in [2.45, 2.75) is 32.4 Å². The number of benzene rings is 1. The summed E-state index contributed by atoms with van der Waals surface area (Å²) in [5.74, 6) is -0.199. The fourth-order valence-electron chi connectivity index (χ4n) is 1.43. The molecule has 0 bridgehead atoms. The van der Waals surface area contributed by atoms with Crippen molar-refractivity contribution in [3.63, 3.8) is 0 Å². The molecule has 2 nitrogen and oxygen atoms in total. The average Bonchev–Trinajstić information content (AvgIpc) is 2.26. The molecule has 17 heavy (non-hydrogen) atoms. The normalized spacial score (nSPS) is 13.8. The Bertz CT molecular complexity index is 382. The van der Waals surface area contributed by atoms with E-state index < -0.39 is 0 Å². The highest BCUT2D eigenvalue weighted by atomic mass is 79.9. The van der Waals surface area contributed by atoms with Crippen LogP contribution in [0.2, 0.25) is 0 Å². The van der Waals surface area contributed by atoms with Crippen LogP contribution in [0.3, 0.4) is 0 Å². The van der Waals surface area contributed by atoms with Gasteiger partial charge in [0.2, 0.25) is 0 Å². The van der Waals surface area contributed by atoms with Crippen LogP contribution in [0.25, 0.3) is 0 Å². The molecule has 0 aliphatic rings. The molecule has 1 aromatic rings. The Morgan fingerprint density at radius 3 is 2.65 bits per heavy atom. The maximum Gasteiger partial charge on any atom is 0.129 e. The van der Waals surface area contributed by atoms with E-state index in [-0.39, 0.29) is 17.5 Å². The van der Waals surface area contributed by atoms with Crippen LogP contribution in [0.1, 0.15) is 32.4 Å². The molecular weight excluding hydrogens is 285 g/mol. The second-order valence-corrected chi connectivity index (χ2v) is 5.65. The zero-order valence-electron chi connectivity index (χ0n) is 10.7. The summed E-state index contributed by atoms with van der Waals surface area (Å²) in [5.41, 5.74) is 0.417. The summed E-state index contributed by atoms with van der Waals surface area (Å²) in [7, 11) is 1.67. The average molecular weight is 304 g/mol. The van der Waals surface area contributed by atoms with Gasteiger partial charge in [-0.1, -0.05) is 22.0 Å². The Hall–Kier alpha value is -0.450. The minimum Gasteiger partial charge on any atom is -0.377 e. The van der Waals surface area contributed by atoms with Gasteiger partial charge in [0.1, 0.15) is 5.82 Å². The van der Waals surface area contributed by atoms with E-state index in [4.69, 9.17) is 4.74 Å². The van der Waals surface area contributed by atoms with Crippen LogP contribution in [0, 0.1) is 5.82 Å². The van der Waals surface area contributed by atoms with Gasteiger partial charge in [-0.25, -0.2) is 4.39 Å². The Balaban J connectivity index is 2.67. The zero-order valence-corrected chi connectivity index (χ0v) is 12.3. The molecule has 96 valence electrons. The summed E-state index contributed by atoms with van der Waals surface area (Å²) in [6.07, 6.45) is 0. The summed E-state index contributed by atoms with van der Waals surface area (Å²) < 4.78 is 19.8. The Morgan fingerprint density at radius 1 is 1.47 bits per heavy atom. The highest BCUT2D eigenvalue weighted by Gasteiger charge is 2.18. The maximum atomic E-state index is 13.7. The van der Waals surface area contributed by atoms with Crippen molar-refractivity contribution in [3.8, 4) is 0 Å². The highest BCUT2D eigenvalue weighted by molar-refractivity contribution is 9.10. The van der Waals surface area contributed by atoms with E-state index in [9.17, 15) is 4.39 Å². The van der Waals surface area contributed by atoms with Crippen LogP contribution in [0.15, 0.2) is 22.7 Å². The molecule has 4 heteroatoms. The minimum atomic E-state index is -0.250. The summed E-state index contributed by atoms with van der Waals surface area (Å²) in [6, 6.07) is 5.07. The lowest BCUT2D eigenvalue weighted by molar-refractivity contribution is 0.0213. The molecule has 0 fully saturated rings. The van der Waals surface area contributed by atoms with Gasteiger partial charge >= 0.3 is 0 Å². The van der Waals surface area contributed by atoms with Gasteiger partial charge in [-0.3, -0.25) is 0 Å². The Kier molecular flexibility index (Phi) is 5.10. The van der Waals surface area contributed by atoms with Crippen LogP contribution in [0.4, 0.5) is 4.39 Å². The first-order chi connectivity index (χ1) is 7.85. The van der Waals surface area contributed by atoms with Crippen LogP contribution < -0.4 is 5.32 Å². The molecule has 0 spiro atoms. The van der Waals surface area contributed by atoms with E-state index in [2.05, 4.69) is 21.2 Å². The molecule has 0 radical (unpaired) electrons. The summed E-state index contributed by atoms with van der Waals surface area (Å²) in [4.78, 5) is 0. The van der Waals surface area contributed by atoms with E-state index in [1.54, 1.807) is 13.2 Å². The van der Waals surface area contributed by atoms with Crippen molar-refractivity contribution in [2.24, 2.45) is 0 Å². The van der Waals surface area contributed by atoms with Crippen molar-refractivity contribution in [1.82, 2.24) is 5.32 Å². The number of ether oxygens (including phenoxy) is 1. The van der Waals surface area contributed by atoms with Gasteiger partial charge in [0.05, 0.1) is 5.60 Å². The lowest BCUT2D eigenvalue weighted by Gasteiger charge is -2.26. The van der Waals surface area contributed by atoms with Gasteiger partial charge < -0.3 is 10.1 Å². The van der Waals surface area contributed by atoms with E-state index in [1.807, 2.05) is 26.8 Å². The zero-order chi connectivity index (χ0) is 13.1. The van der Waals surface area contributed by atoms with Crippen molar-refractivity contribution in [2.75, 3.05) is 13.7 Å². The fraction of sp³-hybridized carbons (Fsp3) is 0.538. The van der Waals surface area contributed by atoms with Crippen LogP contribution >= 0.6 is 15.9 Å². The van der Waals surface area contributed by atoms with Crippen molar-refractivity contribution >= 4 is 15.9 Å². The summed E-state index contributed by atoms with van der Waals surface area (Å²) >= 11 is 3.25. The van der Waals surface area contributed by atoms with E-state index in [0.717, 1.165) is 4.47 Å². The van der Waals surface area contributed by atoms with E-state index in [0.29, 0.717) is 12.1 Å². The quantitative estimate of drug-likeness (QED) is 0.896. The summed E-state index contributed by atoms with van der Waals surface area (Å²) in [5, 5.41) is 3.27. The first kappa shape index (κ1) is 14.6. The van der Waals surface area contributed by atoms with Gasteiger partial charge in [0.15, 0.2) is 0 Å². The number of hydrogen-bond donors (Lipinski definition) is 1. The first-order valence-corrected chi connectivity index (χ1v) is 6.38. The lowest BCUT2D eigenvalue weighted by Crippen LogP contribution is -2.38. The smallest absolute Gasteiger partial charge is 0.129 e. The molecule has 1 N–H and O–H groups in total. The molecule has 1 unspecified atom stereocenters. The predicted octanol–water partition coefficient (Wildman–Crippen LogP) is 3.66. The standard InChI is InChI=1S/C13H19BrFNO/c1-9(16-8-13(2,3)17-4)11-6-5-10(14)7-12(11)15/h5-7,9,16H,8H2,1-4H3. The number of rotatable bonds is 5. The van der Waals surface area contributed by atoms with Crippen molar-refractivity contribution in [3.05, 3.63) is 34.1 Å². The molecule has 1 rings (SSSR count). The largest absolute Gasteiger partial charge is 0.377 e. The third-order valence-corrected chi connectivity index (χ3v) is 3.31. The van der Waals surface area contributed by atoms with Crippen molar-refractivity contribution in [1.29, 1.82) is 0 Å². The van der Waals surface area contributed by atoms with Crippen molar-refractivity contribution < 1.29 is 9.13 Å². The maximum absolute atomic E-state index is 13.7. The first-order valence-electron chi connectivity index (χ1n) is 5.59.